The predicted molar refractivity (Wildman–Crippen MR) is 410 cm³/mol. The van der Waals surface area contributed by atoms with Crippen LogP contribution in [0.2, 0.25) is 0 Å². The third-order valence-electron chi connectivity index (χ3n) is 21.1. The van der Waals surface area contributed by atoms with Crippen LogP contribution in [-0.2, 0) is 14.3 Å². The number of aliphatic hydroxyl groups is 5. The van der Waals surface area contributed by atoms with Gasteiger partial charge in [0.05, 0.1) is 25.4 Å². The zero-order valence-corrected chi connectivity index (χ0v) is 63.7. The van der Waals surface area contributed by atoms with Crippen molar-refractivity contribution in [3.63, 3.8) is 0 Å². The van der Waals surface area contributed by atoms with Gasteiger partial charge in [-0.1, -0.05) is 436 Å². The number of rotatable bonds is 78. The normalized spacial score (nSPS) is 17.5. The lowest BCUT2D eigenvalue weighted by Crippen LogP contribution is -2.60. The van der Waals surface area contributed by atoms with E-state index in [9.17, 15) is 30.3 Å². The lowest BCUT2D eigenvalue weighted by Gasteiger charge is -2.40. The Kier molecular flexibility index (Phi) is 72.7. The Morgan fingerprint density at radius 3 is 0.905 bits per heavy atom. The van der Waals surface area contributed by atoms with Crippen molar-refractivity contribution >= 4 is 5.91 Å². The van der Waals surface area contributed by atoms with Crippen molar-refractivity contribution in [3.8, 4) is 0 Å². The molecule has 0 radical (unpaired) electrons. The molecule has 1 fully saturated rings. The fourth-order valence-corrected chi connectivity index (χ4v) is 14.4. The highest BCUT2D eigenvalue weighted by molar-refractivity contribution is 5.76. The molecule has 1 heterocycles. The van der Waals surface area contributed by atoms with E-state index in [1.165, 1.54) is 392 Å². The van der Waals surface area contributed by atoms with Gasteiger partial charge in [0.25, 0.3) is 0 Å². The van der Waals surface area contributed by atoms with Gasteiger partial charge in [0.1, 0.15) is 24.4 Å². The molecule has 6 N–H and O–H groups in total. The predicted octanol–water partition coefficient (Wildman–Crippen LogP) is 25.1. The summed E-state index contributed by atoms with van der Waals surface area (Å²) in [5, 5.41) is 55.2. The van der Waals surface area contributed by atoms with Gasteiger partial charge in [0.2, 0.25) is 5.91 Å². The highest BCUT2D eigenvalue weighted by atomic mass is 16.7. The number of ether oxygens (including phenoxy) is 2. The van der Waals surface area contributed by atoms with Crippen LogP contribution in [0.15, 0.2) is 24.3 Å². The van der Waals surface area contributed by atoms with Gasteiger partial charge >= 0.3 is 0 Å². The summed E-state index contributed by atoms with van der Waals surface area (Å²) in [6, 6.07) is -0.718. The number of amides is 1. The quantitative estimate of drug-likeness (QED) is 0.0261. The van der Waals surface area contributed by atoms with Gasteiger partial charge in [-0.2, -0.15) is 0 Å². The maximum Gasteiger partial charge on any atom is 0.220 e. The fraction of sp³-hybridized carbons (Fsp3) is 0.942. The minimum Gasteiger partial charge on any atom is -0.394 e. The molecular formula is C86H167NO8. The molecule has 1 amide bonds. The van der Waals surface area contributed by atoms with Crippen LogP contribution >= 0.6 is 0 Å². The summed E-state index contributed by atoms with van der Waals surface area (Å²) in [6.07, 6.45) is 94.6. The second-order valence-corrected chi connectivity index (χ2v) is 30.3. The van der Waals surface area contributed by atoms with Crippen LogP contribution in [0, 0.1) is 0 Å². The Balaban J connectivity index is 2.01. The first-order chi connectivity index (χ1) is 46.8. The highest BCUT2D eigenvalue weighted by Gasteiger charge is 2.44. The van der Waals surface area contributed by atoms with Crippen LogP contribution in [0.25, 0.3) is 0 Å². The first kappa shape index (κ1) is 91.7. The molecule has 1 rings (SSSR count). The number of hydrogen-bond donors (Lipinski definition) is 6. The van der Waals surface area contributed by atoms with Gasteiger partial charge in [-0.15, -0.1) is 0 Å². The molecule has 1 aliphatic heterocycles. The molecule has 9 nitrogen and oxygen atoms in total. The minimum atomic E-state index is -1.55. The van der Waals surface area contributed by atoms with Crippen molar-refractivity contribution < 1.29 is 39.8 Å². The molecule has 0 aromatic heterocycles. The summed E-state index contributed by atoms with van der Waals surface area (Å²) >= 11 is 0. The summed E-state index contributed by atoms with van der Waals surface area (Å²) in [7, 11) is 0. The number of hydrogen-bond acceptors (Lipinski definition) is 8. The topological polar surface area (TPSA) is 149 Å². The van der Waals surface area contributed by atoms with Crippen molar-refractivity contribution in [1.29, 1.82) is 0 Å². The van der Waals surface area contributed by atoms with E-state index >= 15 is 0 Å². The van der Waals surface area contributed by atoms with Gasteiger partial charge in [0.15, 0.2) is 6.29 Å². The summed E-state index contributed by atoms with van der Waals surface area (Å²) in [5.41, 5.74) is 0. The van der Waals surface area contributed by atoms with Crippen molar-refractivity contribution in [3.05, 3.63) is 24.3 Å². The molecule has 0 spiro atoms. The summed E-state index contributed by atoms with van der Waals surface area (Å²) in [5.74, 6) is -0.132. The molecule has 95 heavy (non-hydrogen) atoms. The molecule has 0 aliphatic carbocycles. The standard InChI is InChI=1S/C86H167NO8/c1-3-5-7-9-11-13-15-17-19-21-23-25-27-29-31-33-35-37-38-39-40-41-42-44-46-48-50-52-54-56-58-60-62-64-66-68-70-72-74-76-82(90)87-79(78-94-86-85(93)84(92)83(91)81(77-88)95-86)80(89)75-73-71-69-67-65-63-61-59-57-55-53-51-49-47-45-43-36-34-32-30-28-26-24-22-20-18-16-14-12-10-8-6-4-2/h15,17,21,23,79-81,83-86,88-89,91-93H,3-14,16,18-20,22,24-78H2,1-2H3,(H,87,90)/b17-15-,23-21-. The molecule has 0 aromatic rings. The largest absolute Gasteiger partial charge is 0.394 e. The molecule has 564 valence electrons. The van der Waals surface area contributed by atoms with E-state index in [0.717, 1.165) is 44.9 Å². The minimum absolute atomic E-state index is 0.132. The first-order valence-corrected chi connectivity index (χ1v) is 43.0. The van der Waals surface area contributed by atoms with Crippen LogP contribution in [-0.4, -0.2) is 87.5 Å². The van der Waals surface area contributed by atoms with E-state index < -0.39 is 49.5 Å². The van der Waals surface area contributed by atoms with Gasteiger partial charge in [0, 0.05) is 6.42 Å². The molecule has 0 aromatic carbocycles. The monoisotopic (exact) mass is 1340 g/mol. The first-order valence-electron chi connectivity index (χ1n) is 43.0. The Morgan fingerprint density at radius 1 is 0.358 bits per heavy atom. The summed E-state index contributed by atoms with van der Waals surface area (Å²) in [4.78, 5) is 13.2. The fourth-order valence-electron chi connectivity index (χ4n) is 14.4. The van der Waals surface area contributed by atoms with E-state index in [-0.39, 0.29) is 12.5 Å². The molecule has 7 unspecified atom stereocenters. The number of unbranched alkanes of at least 4 members (excludes halogenated alkanes) is 64. The van der Waals surface area contributed by atoms with Crippen molar-refractivity contribution in [2.45, 2.75) is 506 Å². The Labute approximate surface area is 591 Å². The Bertz CT molecular complexity index is 1560. The second-order valence-electron chi connectivity index (χ2n) is 30.3. The maximum absolute atomic E-state index is 13.2. The molecule has 9 heteroatoms. The molecule has 1 saturated heterocycles. The average molecular weight is 1340 g/mol. The third-order valence-corrected chi connectivity index (χ3v) is 21.1. The van der Waals surface area contributed by atoms with E-state index in [4.69, 9.17) is 9.47 Å². The SMILES string of the molecule is CCCCCCC/C=C\C/C=C\CCCCCCCCCCCCCCCCCCCCCCCCCCCCCC(=O)NC(COC1OC(CO)C(O)C(O)C1O)C(O)CCCCCCCCCCCCCCCCCCCCCCCCCCCCCCCCCCC. The summed E-state index contributed by atoms with van der Waals surface area (Å²) < 4.78 is 11.4. The number of allylic oxidation sites excluding steroid dienone is 4. The van der Waals surface area contributed by atoms with Crippen LogP contribution in [0.1, 0.15) is 463 Å². The molecular weight excluding hydrogens is 1170 g/mol. The van der Waals surface area contributed by atoms with Gasteiger partial charge < -0.3 is 40.3 Å². The zero-order valence-electron chi connectivity index (χ0n) is 63.7. The number of carbonyl (C=O) groups excluding carboxylic acids is 1. The van der Waals surface area contributed by atoms with Crippen molar-refractivity contribution in [2.75, 3.05) is 13.2 Å². The molecule has 1 aliphatic rings. The molecule has 7 atom stereocenters. The van der Waals surface area contributed by atoms with Gasteiger partial charge in [-0.05, 0) is 44.9 Å². The van der Waals surface area contributed by atoms with Gasteiger partial charge in [-0.3, -0.25) is 4.79 Å². The Morgan fingerprint density at radius 2 is 0.621 bits per heavy atom. The van der Waals surface area contributed by atoms with Gasteiger partial charge in [-0.25, -0.2) is 0 Å². The number of carbonyl (C=O) groups is 1. The number of aliphatic hydroxyl groups excluding tert-OH is 5. The van der Waals surface area contributed by atoms with Crippen molar-refractivity contribution in [1.82, 2.24) is 5.32 Å². The highest BCUT2D eigenvalue weighted by Crippen LogP contribution is 2.25. The zero-order chi connectivity index (χ0) is 68.5. The summed E-state index contributed by atoms with van der Waals surface area (Å²) in [6.45, 7) is 3.90. The van der Waals surface area contributed by atoms with E-state index in [2.05, 4.69) is 43.5 Å². The smallest absolute Gasteiger partial charge is 0.220 e. The lowest BCUT2D eigenvalue weighted by atomic mass is 9.99. The van der Waals surface area contributed by atoms with Crippen LogP contribution in [0.3, 0.4) is 0 Å². The molecule has 0 bridgehead atoms. The number of nitrogens with one attached hydrogen (secondary N) is 1. The second kappa shape index (κ2) is 75.3. The average Bonchev–Trinajstić information content (AvgIpc) is 0.836. The molecule has 0 saturated carbocycles. The third kappa shape index (κ3) is 63.3. The van der Waals surface area contributed by atoms with Crippen molar-refractivity contribution in [2.24, 2.45) is 0 Å². The maximum atomic E-state index is 13.2. The van der Waals surface area contributed by atoms with Crippen LogP contribution in [0.4, 0.5) is 0 Å². The Hall–Kier alpha value is -1.33. The van der Waals surface area contributed by atoms with E-state index in [0.29, 0.717) is 12.8 Å². The van der Waals surface area contributed by atoms with Crippen LogP contribution < -0.4 is 5.32 Å². The van der Waals surface area contributed by atoms with E-state index in [1.807, 2.05) is 0 Å². The van der Waals surface area contributed by atoms with Crippen LogP contribution in [0.5, 0.6) is 0 Å². The van der Waals surface area contributed by atoms with E-state index in [1.54, 1.807) is 0 Å². The lowest BCUT2D eigenvalue weighted by molar-refractivity contribution is -0.302.